The summed E-state index contributed by atoms with van der Waals surface area (Å²) in [6, 6.07) is 16.6. The van der Waals surface area contributed by atoms with Gasteiger partial charge in [0.2, 0.25) is 0 Å². The lowest BCUT2D eigenvalue weighted by Gasteiger charge is -2.13. The molecular formula is C17H22N2O. The summed E-state index contributed by atoms with van der Waals surface area (Å²) >= 11 is 0. The van der Waals surface area contributed by atoms with Gasteiger partial charge >= 0.3 is 0 Å². The van der Waals surface area contributed by atoms with E-state index in [0.29, 0.717) is 6.61 Å². The van der Waals surface area contributed by atoms with Crippen molar-refractivity contribution in [2.75, 3.05) is 30.9 Å². The van der Waals surface area contributed by atoms with E-state index in [9.17, 15) is 0 Å². The highest BCUT2D eigenvalue weighted by Gasteiger charge is 1.98. The average molecular weight is 270 g/mol. The minimum absolute atomic E-state index is 0.699. The van der Waals surface area contributed by atoms with Crippen LogP contribution in [0.25, 0.3) is 0 Å². The highest BCUT2D eigenvalue weighted by molar-refractivity contribution is 5.49. The summed E-state index contributed by atoms with van der Waals surface area (Å²) in [7, 11) is 4.10. The smallest absolute Gasteiger partial charge is 0.119 e. The molecule has 0 saturated heterocycles. The van der Waals surface area contributed by atoms with E-state index in [1.165, 1.54) is 11.3 Å². The third-order valence-electron chi connectivity index (χ3n) is 3.11. The summed E-state index contributed by atoms with van der Waals surface area (Å²) in [5.41, 5.74) is 3.59. The van der Waals surface area contributed by atoms with Crippen LogP contribution in [-0.2, 0) is 6.54 Å². The highest BCUT2D eigenvalue weighted by Crippen LogP contribution is 2.17. The molecule has 20 heavy (non-hydrogen) atoms. The molecular weight excluding hydrogens is 248 g/mol. The molecule has 0 atom stereocenters. The molecule has 2 aromatic rings. The number of nitrogens with one attached hydrogen (secondary N) is 1. The molecule has 3 heteroatoms. The fourth-order valence-electron chi connectivity index (χ4n) is 1.95. The van der Waals surface area contributed by atoms with Crippen molar-refractivity contribution in [3.05, 3.63) is 54.1 Å². The molecule has 0 aliphatic heterocycles. The van der Waals surface area contributed by atoms with E-state index < -0.39 is 0 Å². The van der Waals surface area contributed by atoms with Crippen LogP contribution in [0.5, 0.6) is 5.75 Å². The van der Waals surface area contributed by atoms with E-state index in [-0.39, 0.29) is 0 Å². The van der Waals surface area contributed by atoms with Crippen LogP contribution in [0.3, 0.4) is 0 Å². The summed E-state index contributed by atoms with van der Waals surface area (Å²) in [5.74, 6) is 0.911. The second-order valence-electron chi connectivity index (χ2n) is 4.87. The lowest BCUT2D eigenvalue weighted by atomic mass is 10.2. The summed E-state index contributed by atoms with van der Waals surface area (Å²) in [6.07, 6.45) is 0. The minimum atomic E-state index is 0.699. The molecule has 0 amide bonds. The lowest BCUT2D eigenvalue weighted by Crippen LogP contribution is -2.08. The van der Waals surface area contributed by atoms with Gasteiger partial charge in [-0.1, -0.05) is 12.1 Å². The van der Waals surface area contributed by atoms with Gasteiger partial charge in [0, 0.05) is 32.0 Å². The maximum atomic E-state index is 5.43. The van der Waals surface area contributed by atoms with Gasteiger partial charge in [0.1, 0.15) is 5.75 Å². The molecule has 0 unspecified atom stereocenters. The molecule has 3 nitrogen and oxygen atoms in total. The predicted molar refractivity (Wildman–Crippen MR) is 85.7 cm³/mol. The fourth-order valence-corrected chi connectivity index (χ4v) is 1.95. The Kier molecular flexibility index (Phi) is 4.88. The van der Waals surface area contributed by atoms with Crippen molar-refractivity contribution in [1.82, 2.24) is 0 Å². The first kappa shape index (κ1) is 14.3. The molecule has 0 heterocycles. The number of rotatable bonds is 6. The molecule has 0 saturated carbocycles. The Balaban J connectivity index is 1.91. The standard InChI is InChI=1S/C17H22N2O/c1-4-20-17-11-7-15(8-12-17)18-13-14-5-9-16(10-6-14)19(2)3/h5-12,18H,4,13H2,1-3H3. The summed E-state index contributed by atoms with van der Waals surface area (Å²) < 4.78 is 5.43. The van der Waals surface area contributed by atoms with Crippen LogP contribution < -0.4 is 15.0 Å². The molecule has 0 bridgehead atoms. The first-order valence-corrected chi connectivity index (χ1v) is 6.92. The van der Waals surface area contributed by atoms with Crippen LogP contribution >= 0.6 is 0 Å². The van der Waals surface area contributed by atoms with Crippen molar-refractivity contribution in [3.8, 4) is 5.75 Å². The van der Waals surface area contributed by atoms with Crippen LogP contribution in [0.2, 0.25) is 0 Å². The number of hydrogen-bond donors (Lipinski definition) is 1. The Labute approximate surface area is 121 Å². The molecule has 2 aromatic carbocycles. The van der Waals surface area contributed by atoms with Gasteiger partial charge < -0.3 is 15.0 Å². The van der Waals surface area contributed by atoms with Crippen molar-refractivity contribution in [2.45, 2.75) is 13.5 Å². The Bertz CT molecular complexity index is 518. The van der Waals surface area contributed by atoms with Gasteiger partial charge in [-0.2, -0.15) is 0 Å². The zero-order valence-electron chi connectivity index (χ0n) is 12.4. The number of hydrogen-bond acceptors (Lipinski definition) is 3. The number of anilines is 2. The predicted octanol–water partition coefficient (Wildman–Crippen LogP) is 3.76. The largest absolute Gasteiger partial charge is 0.494 e. The van der Waals surface area contributed by atoms with Crippen molar-refractivity contribution >= 4 is 11.4 Å². The van der Waals surface area contributed by atoms with Crippen LogP contribution in [0.1, 0.15) is 12.5 Å². The number of nitrogens with zero attached hydrogens (tertiary/aromatic N) is 1. The molecule has 0 spiro atoms. The van der Waals surface area contributed by atoms with Crippen LogP contribution in [-0.4, -0.2) is 20.7 Å². The molecule has 106 valence electrons. The SMILES string of the molecule is CCOc1ccc(NCc2ccc(N(C)C)cc2)cc1. The van der Waals surface area contributed by atoms with E-state index in [2.05, 4.69) is 34.5 Å². The average Bonchev–Trinajstić information content (AvgIpc) is 2.47. The van der Waals surface area contributed by atoms with Gasteiger partial charge in [0.05, 0.1) is 6.61 Å². The van der Waals surface area contributed by atoms with E-state index in [4.69, 9.17) is 4.74 Å². The summed E-state index contributed by atoms with van der Waals surface area (Å²) in [4.78, 5) is 2.10. The second-order valence-corrected chi connectivity index (χ2v) is 4.87. The topological polar surface area (TPSA) is 24.5 Å². The highest BCUT2D eigenvalue weighted by atomic mass is 16.5. The zero-order valence-corrected chi connectivity index (χ0v) is 12.4. The van der Waals surface area contributed by atoms with Crippen LogP contribution in [0.15, 0.2) is 48.5 Å². The molecule has 0 fully saturated rings. The van der Waals surface area contributed by atoms with Gasteiger partial charge in [-0.05, 0) is 48.9 Å². The van der Waals surface area contributed by atoms with Crippen molar-refractivity contribution in [2.24, 2.45) is 0 Å². The molecule has 1 N–H and O–H groups in total. The van der Waals surface area contributed by atoms with Crippen molar-refractivity contribution < 1.29 is 4.74 Å². The Morgan fingerprint density at radius 3 is 2.15 bits per heavy atom. The van der Waals surface area contributed by atoms with Crippen LogP contribution in [0, 0.1) is 0 Å². The molecule has 0 aromatic heterocycles. The molecule has 0 aliphatic carbocycles. The zero-order chi connectivity index (χ0) is 14.4. The summed E-state index contributed by atoms with van der Waals surface area (Å²) in [5, 5.41) is 3.41. The van der Waals surface area contributed by atoms with E-state index in [0.717, 1.165) is 18.0 Å². The summed E-state index contributed by atoms with van der Waals surface area (Å²) in [6.45, 7) is 3.51. The van der Waals surface area contributed by atoms with E-state index in [1.807, 2.05) is 45.3 Å². The van der Waals surface area contributed by atoms with Crippen LogP contribution in [0.4, 0.5) is 11.4 Å². The Morgan fingerprint density at radius 1 is 0.950 bits per heavy atom. The first-order valence-electron chi connectivity index (χ1n) is 6.92. The fraction of sp³-hybridized carbons (Fsp3) is 0.294. The Morgan fingerprint density at radius 2 is 1.60 bits per heavy atom. The monoisotopic (exact) mass is 270 g/mol. The Hall–Kier alpha value is -2.16. The maximum Gasteiger partial charge on any atom is 0.119 e. The third kappa shape index (κ3) is 3.92. The van der Waals surface area contributed by atoms with Gasteiger partial charge in [0.15, 0.2) is 0 Å². The van der Waals surface area contributed by atoms with E-state index >= 15 is 0 Å². The van der Waals surface area contributed by atoms with Gasteiger partial charge in [-0.25, -0.2) is 0 Å². The normalized spacial score (nSPS) is 10.2. The lowest BCUT2D eigenvalue weighted by molar-refractivity contribution is 0.340. The second kappa shape index (κ2) is 6.85. The van der Waals surface area contributed by atoms with Gasteiger partial charge in [-0.15, -0.1) is 0 Å². The van der Waals surface area contributed by atoms with Gasteiger partial charge in [0.25, 0.3) is 0 Å². The molecule has 2 rings (SSSR count). The van der Waals surface area contributed by atoms with E-state index in [1.54, 1.807) is 0 Å². The first-order chi connectivity index (χ1) is 9.69. The number of benzene rings is 2. The molecule has 0 aliphatic rings. The van der Waals surface area contributed by atoms with Crippen molar-refractivity contribution in [3.63, 3.8) is 0 Å². The van der Waals surface area contributed by atoms with Crippen molar-refractivity contribution in [1.29, 1.82) is 0 Å². The number of ether oxygens (including phenoxy) is 1. The third-order valence-corrected chi connectivity index (χ3v) is 3.11. The quantitative estimate of drug-likeness (QED) is 0.865. The molecule has 0 radical (unpaired) electrons. The maximum absolute atomic E-state index is 5.43. The van der Waals surface area contributed by atoms with Gasteiger partial charge in [-0.3, -0.25) is 0 Å². The minimum Gasteiger partial charge on any atom is -0.494 e.